The van der Waals surface area contributed by atoms with E-state index in [1.807, 2.05) is 0 Å². The fourth-order valence-electron chi connectivity index (χ4n) is 3.18. The summed E-state index contributed by atoms with van der Waals surface area (Å²) in [6, 6.07) is 11.4. The lowest BCUT2D eigenvalue weighted by Crippen LogP contribution is -2.47. The van der Waals surface area contributed by atoms with Crippen molar-refractivity contribution in [2.24, 2.45) is 0 Å². The lowest BCUT2D eigenvalue weighted by molar-refractivity contribution is -0.138. The van der Waals surface area contributed by atoms with Gasteiger partial charge in [0.25, 0.3) is 5.91 Å². The summed E-state index contributed by atoms with van der Waals surface area (Å²) in [6.07, 6.45) is -5.45. The van der Waals surface area contributed by atoms with Crippen LogP contribution in [0.5, 0.6) is 0 Å². The molecule has 0 aromatic heterocycles. The van der Waals surface area contributed by atoms with Gasteiger partial charge in [-0.3, -0.25) is 4.79 Å². The number of nitrogens with zero attached hydrogens (tertiary/aromatic N) is 1. The van der Waals surface area contributed by atoms with E-state index in [9.17, 15) is 36.2 Å². The van der Waals surface area contributed by atoms with Gasteiger partial charge in [0.15, 0.2) is 5.60 Å². The van der Waals surface area contributed by atoms with Crippen molar-refractivity contribution >= 4 is 23.4 Å². The highest BCUT2D eigenvalue weighted by Crippen LogP contribution is 2.34. The number of nitriles is 1. The van der Waals surface area contributed by atoms with E-state index in [0.717, 1.165) is 48.2 Å². The molecule has 0 radical (unpaired) electrons. The molecule has 35 heavy (non-hydrogen) atoms. The van der Waals surface area contributed by atoms with Crippen molar-refractivity contribution in [1.29, 1.82) is 5.26 Å². The highest BCUT2D eigenvalue weighted by molar-refractivity contribution is 7.99. The Morgan fingerprint density at radius 2 is 1.57 bits per heavy atom. The zero-order valence-corrected chi connectivity index (χ0v) is 18.5. The minimum absolute atomic E-state index is 0.0735. The van der Waals surface area contributed by atoms with Gasteiger partial charge in [-0.05, 0) is 60.2 Å². The Kier molecular flexibility index (Phi) is 7.77. The average Bonchev–Trinajstić information content (AvgIpc) is 2.77. The predicted molar refractivity (Wildman–Crippen MR) is 117 cm³/mol. The van der Waals surface area contributed by atoms with Crippen LogP contribution in [0.2, 0.25) is 0 Å². The monoisotopic (exact) mass is 510 g/mol. The summed E-state index contributed by atoms with van der Waals surface area (Å²) >= 11 is 0.928. The van der Waals surface area contributed by atoms with Crippen LogP contribution < -0.4 is 5.32 Å². The molecule has 0 saturated heterocycles. The van der Waals surface area contributed by atoms with Crippen LogP contribution in [0.1, 0.15) is 16.7 Å². The minimum Gasteiger partial charge on any atom is -0.379 e. The molecule has 0 heterocycles. The molecule has 2 N–H and O–H groups in total. The molecule has 11 heteroatoms. The van der Waals surface area contributed by atoms with E-state index in [1.165, 1.54) is 18.2 Å². The molecule has 0 spiro atoms. The summed E-state index contributed by atoms with van der Waals surface area (Å²) < 4.78 is 80.3. The standard InChI is InChI=1S/C24H16F6N2O2S/c25-16-2-5-20(6-3-16)35-13-23(34,11-14-7-17(26)9-18(27)8-14)22(33)32-19-4-1-15(12-31)21(10-19)24(28,29)30/h1-10,34H,11,13H2,(H,32,33)/t23-/m0/s1. The van der Waals surface area contributed by atoms with Crippen LogP contribution >= 0.6 is 11.8 Å². The number of alkyl halides is 3. The number of carbonyl (C=O) groups is 1. The summed E-state index contributed by atoms with van der Waals surface area (Å²) in [5.41, 5.74) is -4.71. The number of thioether (sulfide) groups is 1. The topological polar surface area (TPSA) is 73.1 Å². The van der Waals surface area contributed by atoms with Gasteiger partial charge in [0, 0.05) is 28.8 Å². The number of halogens is 6. The predicted octanol–water partition coefficient (Wildman–Crippen LogP) is 5.70. The first kappa shape index (κ1) is 26.1. The molecule has 0 aliphatic rings. The number of anilines is 1. The van der Waals surface area contributed by atoms with Gasteiger partial charge in [-0.1, -0.05) is 0 Å². The summed E-state index contributed by atoms with van der Waals surface area (Å²) in [5.74, 6) is -3.94. The number of nitrogens with one attached hydrogen (secondary N) is 1. The lowest BCUT2D eigenvalue weighted by Gasteiger charge is -2.27. The smallest absolute Gasteiger partial charge is 0.379 e. The molecule has 1 atom stereocenters. The van der Waals surface area contributed by atoms with Crippen LogP contribution in [0, 0.1) is 28.8 Å². The molecule has 0 unspecified atom stereocenters. The fraction of sp³-hybridized carbons (Fsp3) is 0.167. The molecular formula is C24H16F6N2O2S. The summed E-state index contributed by atoms with van der Waals surface area (Å²) in [5, 5.41) is 22.3. The summed E-state index contributed by atoms with van der Waals surface area (Å²) in [4.78, 5) is 13.5. The fourth-order valence-corrected chi connectivity index (χ4v) is 4.15. The summed E-state index contributed by atoms with van der Waals surface area (Å²) in [7, 11) is 0. The van der Waals surface area contributed by atoms with Crippen molar-refractivity contribution in [2.75, 3.05) is 11.1 Å². The van der Waals surface area contributed by atoms with E-state index in [1.54, 1.807) is 0 Å². The second-order valence-electron chi connectivity index (χ2n) is 7.55. The van der Waals surface area contributed by atoms with Crippen LogP contribution in [-0.4, -0.2) is 22.4 Å². The third-order valence-electron chi connectivity index (χ3n) is 4.84. The van der Waals surface area contributed by atoms with E-state index in [-0.39, 0.29) is 17.0 Å². The molecule has 4 nitrogen and oxygen atoms in total. The first-order chi connectivity index (χ1) is 16.4. The van der Waals surface area contributed by atoms with Crippen LogP contribution in [0.25, 0.3) is 0 Å². The van der Waals surface area contributed by atoms with Crippen molar-refractivity contribution < 1.29 is 36.2 Å². The number of hydrogen-bond acceptors (Lipinski definition) is 4. The average molecular weight is 510 g/mol. The molecule has 1 amide bonds. The van der Waals surface area contributed by atoms with Gasteiger partial charge in [0.2, 0.25) is 0 Å². The highest BCUT2D eigenvalue weighted by atomic mass is 32.2. The number of hydrogen-bond donors (Lipinski definition) is 2. The van der Waals surface area contributed by atoms with E-state index in [0.29, 0.717) is 17.0 Å². The largest absolute Gasteiger partial charge is 0.417 e. The lowest BCUT2D eigenvalue weighted by atomic mass is 9.95. The molecule has 182 valence electrons. The van der Waals surface area contributed by atoms with E-state index >= 15 is 0 Å². The van der Waals surface area contributed by atoms with Crippen LogP contribution in [0.15, 0.2) is 65.6 Å². The second-order valence-corrected chi connectivity index (χ2v) is 8.60. The van der Waals surface area contributed by atoms with E-state index < -0.39 is 52.7 Å². The number of benzene rings is 3. The van der Waals surface area contributed by atoms with Gasteiger partial charge >= 0.3 is 6.18 Å². The van der Waals surface area contributed by atoms with E-state index in [4.69, 9.17) is 5.26 Å². The molecule has 0 bridgehead atoms. The van der Waals surface area contributed by atoms with Crippen molar-refractivity contribution in [3.8, 4) is 6.07 Å². The van der Waals surface area contributed by atoms with Gasteiger partial charge in [-0.2, -0.15) is 18.4 Å². The third kappa shape index (κ3) is 6.77. The van der Waals surface area contributed by atoms with Crippen LogP contribution in [-0.2, 0) is 17.4 Å². The number of carbonyl (C=O) groups excluding carboxylic acids is 1. The van der Waals surface area contributed by atoms with Crippen LogP contribution in [0.4, 0.5) is 32.0 Å². The van der Waals surface area contributed by atoms with Crippen molar-refractivity contribution in [3.05, 3.63) is 94.8 Å². The molecule has 0 saturated carbocycles. The summed E-state index contributed by atoms with van der Waals surface area (Å²) in [6.45, 7) is 0. The maximum absolute atomic E-state index is 13.7. The Balaban J connectivity index is 1.92. The SMILES string of the molecule is N#Cc1ccc(NC(=O)[C@@](O)(CSc2ccc(F)cc2)Cc2cc(F)cc(F)c2)cc1C(F)(F)F. The minimum atomic E-state index is -4.88. The second kappa shape index (κ2) is 10.4. The Bertz CT molecular complexity index is 1250. The Morgan fingerprint density at radius 1 is 0.943 bits per heavy atom. The van der Waals surface area contributed by atoms with E-state index in [2.05, 4.69) is 5.32 Å². The van der Waals surface area contributed by atoms with Crippen molar-refractivity contribution in [3.63, 3.8) is 0 Å². The number of amides is 1. The van der Waals surface area contributed by atoms with Gasteiger partial charge in [-0.15, -0.1) is 11.8 Å². The number of aliphatic hydroxyl groups is 1. The molecule has 0 fully saturated rings. The number of rotatable bonds is 7. The Hall–Kier alpha value is -3.49. The van der Waals surface area contributed by atoms with Crippen molar-refractivity contribution in [1.82, 2.24) is 0 Å². The molecule has 3 aromatic rings. The zero-order chi connectivity index (χ0) is 25.8. The Labute approximate surface area is 200 Å². The molecule has 0 aliphatic carbocycles. The molecule has 0 aliphatic heterocycles. The van der Waals surface area contributed by atoms with Gasteiger partial charge in [-0.25, -0.2) is 13.2 Å². The third-order valence-corrected chi connectivity index (χ3v) is 6.06. The zero-order valence-electron chi connectivity index (χ0n) is 17.7. The normalized spacial score (nSPS) is 13.1. The quantitative estimate of drug-likeness (QED) is 0.316. The Morgan fingerprint density at radius 3 is 2.14 bits per heavy atom. The molecule has 3 aromatic carbocycles. The molecule has 3 rings (SSSR count). The maximum Gasteiger partial charge on any atom is 0.417 e. The molecular weight excluding hydrogens is 494 g/mol. The van der Waals surface area contributed by atoms with Gasteiger partial charge < -0.3 is 10.4 Å². The highest BCUT2D eigenvalue weighted by Gasteiger charge is 2.38. The van der Waals surface area contributed by atoms with Crippen LogP contribution in [0.3, 0.4) is 0 Å². The van der Waals surface area contributed by atoms with Gasteiger partial charge in [0.1, 0.15) is 17.5 Å². The van der Waals surface area contributed by atoms with Gasteiger partial charge in [0.05, 0.1) is 17.2 Å². The maximum atomic E-state index is 13.7. The van der Waals surface area contributed by atoms with Crippen molar-refractivity contribution in [2.45, 2.75) is 23.1 Å². The first-order valence-corrected chi connectivity index (χ1v) is 10.9. The first-order valence-electron chi connectivity index (χ1n) is 9.88.